The molecule has 0 bridgehead atoms. The van der Waals surface area contributed by atoms with Crippen molar-refractivity contribution in [2.75, 3.05) is 32.3 Å². The van der Waals surface area contributed by atoms with Gasteiger partial charge in [0.15, 0.2) is 11.5 Å². The molecule has 2 aromatic carbocycles. The van der Waals surface area contributed by atoms with Crippen LogP contribution in [0.2, 0.25) is 10.0 Å². The quantitative estimate of drug-likeness (QED) is 0.193. The summed E-state index contributed by atoms with van der Waals surface area (Å²) in [4.78, 5) is 31.5. The predicted octanol–water partition coefficient (Wildman–Crippen LogP) is 6.07. The zero-order chi connectivity index (χ0) is 33.9. The molecule has 10 nitrogen and oxygen atoms in total. The standard InChI is InChI=1S/C31H31Cl2F2N3O7S2/c1-37(2)29(39)20-4-3-5-21(10-20)47(41,42)38-17-46-16-25(38)30(40)44-27(12-22-23(32)13-36-14-24(22)33)19-8-9-26(45-31(34)35)28(11-19)43-15-18-6-7-18/h3-5,8-11,13-14,18,25,27,31H,6-7,12,15-17H2,1-2H3. The number of pyridine rings is 1. The van der Waals surface area contributed by atoms with E-state index in [9.17, 15) is 26.8 Å². The van der Waals surface area contributed by atoms with Crippen molar-refractivity contribution in [1.82, 2.24) is 14.2 Å². The molecule has 1 saturated carbocycles. The minimum absolute atomic E-state index is 0.0283. The average Bonchev–Trinajstić information content (AvgIpc) is 3.72. The van der Waals surface area contributed by atoms with Gasteiger partial charge in [0.25, 0.3) is 5.91 Å². The third-order valence-corrected chi connectivity index (χ3v) is 11.2. The lowest BCUT2D eigenvalue weighted by molar-refractivity contribution is -0.152. The second kappa shape index (κ2) is 14.9. The van der Waals surface area contributed by atoms with E-state index >= 15 is 0 Å². The number of halogens is 4. The van der Waals surface area contributed by atoms with Gasteiger partial charge in [0.05, 0.1) is 27.4 Å². The van der Waals surface area contributed by atoms with Crippen LogP contribution in [0.1, 0.15) is 40.4 Å². The normalized spacial score (nSPS) is 17.4. The van der Waals surface area contributed by atoms with Gasteiger partial charge in [-0.15, -0.1) is 11.8 Å². The van der Waals surface area contributed by atoms with Gasteiger partial charge < -0.3 is 19.1 Å². The molecule has 3 aromatic rings. The van der Waals surface area contributed by atoms with Gasteiger partial charge in [0, 0.05) is 44.2 Å². The van der Waals surface area contributed by atoms with E-state index in [0.717, 1.165) is 17.1 Å². The summed E-state index contributed by atoms with van der Waals surface area (Å²) in [6.07, 6.45) is 3.52. The van der Waals surface area contributed by atoms with Crippen molar-refractivity contribution in [2.24, 2.45) is 5.92 Å². The second-order valence-corrected chi connectivity index (χ2v) is 14.9. The number of ether oxygens (including phenoxy) is 3. The number of rotatable bonds is 13. The summed E-state index contributed by atoms with van der Waals surface area (Å²) in [6, 6.07) is 8.58. The number of carbonyl (C=O) groups is 2. The highest BCUT2D eigenvalue weighted by Crippen LogP contribution is 2.39. The van der Waals surface area contributed by atoms with Gasteiger partial charge in [-0.1, -0.05) is 35.3 Å². The molecule has 2 atom stereocenters. The van der Waals surface area contributed by atoms with Crippen molar-refractivity contribution in [2.45, 2.75) is 42.9 Å². The van der Waals surface area contributed by atoms with E-state index in [1.165, 1.54) is 71.5 Å². The highest BCUT2D eigenvalue weighted by atomic mass is 35.5. The molecule has 2 fully saturated rings. The maximum Gasteiger partial charge on any atom is 0.387 e. The highest BCUT2D eigenvalue weighted by molar-refractivity contribution is 8.00. The zero-order valence-corrected chi connectivity index (χ0v) is 28.4. The Morgan fingerprint density at radius 2 is 1.81 bits per heavy atom. The molecule has 2 aliphatic rings. The fourth-order valence-electron chi connectivity index (χ4n) is 4.82. The van der Waals surface area contributed by atoms with Crippen LogP contribution in [0.25, 0.3) is 0 Å². The Balaban J connectivity index is 1.46. The molecule has 1 aromatic heterocycles. The van der Waals surface area contributed by atoms with Crippen LogP contribution in [0.5, 0.6) is 11.5 Å². The number of aromatic nitrogens is 1. The maximum absolute atomic E-state index is 13.8. The summed E-state index contributed by atoms with van der Waals surface area (Å²) in [5, 5.41) is 0.406. The first-order valence-corrected chi connectivity index (χ1v) is 17.8. The summed E-state index contributed by atoms with van der Waals surface area (Å²) >= 11 is 14.0. The van der Waals surface area contributed by atoms with Crippen LogP contribution in [0.4, 0.5) is 8.78 Å². The van der Waals surface area contributed by atoms with Gasteiger partial charge in [-0.2, -0.15) is 13.1 Å². The average molecular weight is 731 g/mol. The molecular formula is C31H31Cl2F2N3O7S2. The number of thioether (sulfide) groups is 1. The summed E-state index contributed by atoms with van der Waals surface area (Å²) < 4.78 is 71.5. The zero-order valence-electron chi connectivity index (χ0n) is 25.3. The first-order valence-electron chi connectivity index (χ1n) is 14.5. The van der Waals surface area contributed by atoms with Crippen LogP contribution in [-0.4, -0.2) is 79.5 Å². The number of nitrogens with zero attached hydrogens (tertiary/aromatic N) is 3. The molecule has 1 aliphatic heterocycles. The molecule has 2 heterocycles. The molecule has 0 spiro atoms. The lowest BCUT2D eigenvalue weighted by atomic mass is 10.0. The molecule has 1 amide bonds. The summed E-state index contributed by atoms with van der Waals surface area (Å²) in [6.45, 7) is -2.80. The minimum Gasteiger partial charge on any atom is -0.489 e. The van der Waals surface area contributed by atoms with Crippen LogP contribution < -0.4 is 9.47 Å². The first kappa shape index (κ1) is 35.1. The number of esters is 1. The summed E-state index contributed by atoms with van der Waals surface area (Å²) in [5.41, 5.74) is 0.930. The Kier molecular flexibility index (Phi) is 11.2. The van der Waals surface area contributed by atoms with E-state index in [-0.39, 0.29) is 56.0 Å². The number of hydrogen-bond acceptors (Lipinski definition) is 9. The van der Waals surface area contributed by atoms with Crippen molar-refractivity contribution in [1.29, 1.82) is 0 Å². The molecule has 16 heteroatoms. The van der Waals surface area contributed by atoms with E-state index in [1.54, 1.807) is 14.1 Å². The third kappa shape index (κ3) is 8.47. The molecule has 252 valence electrons. The molecular weight excluding hydrogens is 699 g/mol. The lowest BCUT2D eigenvalue weighted by Gasteiger charge is -2.26. The van der Waals surface area contributed by atoms with E-state index in [4.69, 9.17) is 32.7 Å². The third-order valence-electron chi connectivity index (χ3n) is 7.54. The van der Waals surface area contributed by atoms with Crippen LogP contribution in [0.15, 0.2) is 59.8 Å². The SMILES string of the molecule is CN(C)C(=O)c1cccc(S(=O)(=O)N2CSCC2C(=O)OC(Cc2c(Cl)cncc2Cl)c2ccc(OC(F)F)c(OCC3CC3)c2)c1. The molecule has 1 aliphatic carbocycles. The van der Waals surface area contributed by atoms with E-state index in [2.05, 4.69) is 9.72 Å². The Hall–Kier alpha value is -3.17. The molecule has 47 heavy (non-hydrogen) atoms. The number of carbonyl (C=O) groups excluding carboxylic acids is 2. The lowest BCUT2D eigenvalue weighted by Crippen LogP contribution is -2.43. The van der Waals surface area contributed by atoms with Gasteiger partial charge in [-0.05, 0) is 60.2 Å². The maximum atomic E-state index is 13.8. The van der Waals surface area contributed by atoms with Gasteiger partial charge in [-0.3, -0.25) is 14.6 Å². The fourth-order valence-corrected chi connectivity index (χ4v) is 8.51. The molecule has 0 N–H and O–H groups in total. The topological polar surface area (TPSA) is 115 Å². The van der Waals surface area contributed by atoms with Crippen LogP contribution in [0.3, 0.4) is 0 Å². The van der Waals surface area contributed by atoms with Gasteiger partial charge in [-0.25, -0.2) is 8.42 Å². The van der Waals surface area contributed by atoms with Gasteiger partial charge >= 0.3 is 12.6 Å². The molecule has 1 saturated heterocycles. The number of benzene rings is 2. The summed E-state index contributed by atoms with van der Waals surface area (Å²) in [7, 11) is -1.13. The monoisotopic (exact) mass is 729 g/mol. The van der Waals surface area contributed by atoms with Crippen molar-refractivity contribution in [3.8, 4) is 11.5 Å². The first-order chi connectivity index (χ1) is 22.3. The van der Waals surface area contributed by atoms with E-state index in [1.807, 2.05) is 0 Å². The highest BCUT2D eigenvalue weighted by Gasteiger charge is 2.42. The number of sulfonamides is 1. The van der Waals surface area contributed by atoms with Crippen LogP contribution in [-0.2, 0) is 26.0 Å². The van der Waals surface area contributed by atoms with Crippen LogP contribution in [0, 0.1) is 5.92 Å². The molecule has 0 radical (unpaired) electrons. The smallest absolute Gasteiger partial charge is 0.387 e. The van der Waals surface area contributed by atoms with Gasteiger partial charge in [0.2, 0.25) is 10.0 Å². The Labute approximate surface area is 285 Å². The Morgan fingerprint density at radius 3 is 2.47 bits per heavy atom. The fraction of sp³-hybridized carbons (Fsp3) is 0.387. The van der Waals surface area contributed by atoms with Crippen molar-refractivity contribution >= 4 is 56.9 Å². The van der Waals surface area contributed by atoms with Crippen molar-refractivity contribution in [3.05, 3.63) is 81.6 Å². The van der Waals surface area contributed by atoms with Crippen molar-refractivity contribution in [3.63, 3.8) is 0 Å². The Bertz CT molecular complexity index is 1730. The van der Waals surface area contributed by atoms with Gasteiger partial charge in [0.1, 0.15) is 12.1 Å². The largest absolute Gasteiger partial charge is 0.489 e. The van der Waals surface area contributed by atoms with Crippen LogP contribution >= 0.6 is 35.0 Å². The predicted molar refractivity (Wildman–Crippen MR) is 173 cm³/mol. The minimum atomic E-state index is -4.24. The number of hydrogen-bond donors (Lipinski definition) is 0. The van der Waals surface area contributed by atoms with E-state index in [0.29, 0.717) is 23.7 Å². The Morgan fingerprint density at radius 1 is 1.09 bits per heavy atom. The number of amides is 1. The summed E-state index contributed by atoms with van der Waals surface area (Å²) in [5.74, 6) is -0.997. The van der Waals surface area contributed by atoms with Crippen molar-refractivity contribution < 1.29 is 41.0 Å². The molecule has 5 rings (SSSR count). The molecule has 2 unspecified atom stereocenters. The van der Waals surface area contributed by atoms with E-state index < -0.39 is 34.7 Å². The second-order valence-electron chi connectivity index (χ2n) is 11.2. The number of alkyl halides is 2.